The fourth-order valence-corrected chi connectivity index (χ4v) is 7.96. The SMILES string of the molecule is CCCCCCCCCCCCCCCCC(C)(C)C(=O)N(C)[C@@H](CO[C@H]1O[C@H](CO)[C@H](O)[C@H](O)[C@H]1O)[C@H](O)[C@H](O)CCCCCCCCCCCCCC. The molecule has 0 aromatic rings. The Bertz CT molecular complexity index is 906. The average Bonchev–Trinajstić information content (AvgIpc) is 3.17. The highest BCUT2D eigenvalue weighted by molar-refractivity contribution is 5.82. The van der Waals surface area contributed by atoms with Gasteiger partial charge in [0, 0.05) is 12.5 Å². The van der Waals surface area contributed by atoms with Crippen LogP contribution in [-0.4, -0.2) is 111 Å². The van der Waals surface area contributed by atoms with Crippen LogP contribution in [0.3, 0.4) is 0 Å². The summed E-state index contributed by atoms with van der Waals surface area (Å²) in [5.74, 6) is -0.179. The van der Waals surface area contributed by atoms with Crippen molar-refractivity contribution in [1.82, 2.24) is 4.90 Å². The Kier molecular flexibility index (Phi) is 30.4. The highest BCUT2D eigenvalue weighted by Gasteiger charge is 2.45. The number of rotatable bonds is 36. The summed E-state index contributed by atoms with van der Waals surface area (Å²) in [6.45, 7) is 7.44. The van der Waals surface area contributed by atoms with E-state index in [1.54, 1.807) is 7.05 Å². The zero-order chi connectivity index (χ0) is 40.9. The lowest BCUT2D eigenvalue weighted by Crippen LogP contribution is -2.60. The van der Waals surface area contributed by atoms with Crippen LogP contribution in [0, 0.1) is 5.41 Å². The third-order valence-electron chi connectivity index (χ3n) is 12.0. The van der Waals surface area contributed by atoms with E-state index >= 15 is 0 Å². The van der Waals surface area contributed by atoms with Crippen LogP contribution in [0.4, 0.5) is 0 Å². The van der Waals surface area contributed by atoms with Gasteiger partial charge in [-0.3, -0.25) is 4.79 Å². The molecule has 328 valence electrons. The molecular weight excluding hydrogens is 698 g/mol. The van der Waals surface area contributed by atoms with E-state index in [1.165, 1.54) is 127 Å². The Morgan fingerprint density at radius 1 is 0.636 bits per heavy atom. The van der Waals surface area contributed by atoms with Crippen LogP contribution < -0.4 is 0 Å². The van der Waals surface area contributed by atoms with Gasteiger partial charge in [-0.2, -0.15) is 0 Å². The normalized spacial score (nSPS) is 22.1. The molecular formula is C45H89NO9. The maximum atomic E-state index is 14.0. The van der Waals surface area contributed by atoms with Gasteiger partial charge in [-0.1, -0.05) is 195 Å². The topological polar surface area (TPSA) is 160 Å². The van der Waals surface area contributed by atoms with Gasteiger partial charge >= 0.3 is 0 Å². The zero-order valence-corrected chi connectivity index (χ0v) is 36.2. The lowest BCUT2D eigenvalue weighted by Gasteiger charge is -2.42. The Balaban J connectivity index is 2.64. The van der Waals surface area contributed by atoms with Crippen LogP contribution in [0.5, 0.6) is 0 Å². The molecule has 0 aromatic carbocycles. The summed E-state index contributed by atoms with van der Waals surface area (Å²) in [6.07, 6.45) is 23.3. The van der Waals surface area contributed by atoms with Crippen molar-refractivity contribution in [1.29, 1.82) is 0 Å². The third-order valence-corrected chi connectivity index (χ3v) is 12.0. The first kappa shape index (κ1) is 52.2. The molecule has 0 aromatic heterocycles. The highest BCUT2D eigenvalue weighted by atomic mass is 16.7. The summed E-state index contributed by atoms with van der Waals surface area (Å²) < 4.78 is 11.4. The molecule has 1 heterocycles. The van der Waals surface area contributed by atoms with Crippen molar-refractivity contribution < 1.29 is 44.9 Å². The molecule has 8 atom stereocenters. The smallest absolute Gasteiger partial charge is 0.228 e. The van der Waals surface area contributed by atoms with Crippen molar-refractivity contribution in [3.63, 3.8) is 0 Å². The van der Waals surface area contributed by atoms with Gasteiger partial charge in [0.1, 0.15) is 30.5 Å². The predicted molar refractivity (Wildman–Crippen MR) is 223 cm³/mol. The molecule has 0 aliphatic carbocycles. The number of hydrogen-bond donors (Lipinski definition) is 6. The van der Waals surface area contributed by atoms with E-state index in [0.717, 1.165) is 44.9 Å². The molecule has 0 unspecified atom stereocenters. The first-order valence-electron chi connectivity index (χ1n) is 23.0. The quantitative estimate of drug-likeness (QED) is 0.0343. The number of amides is 1. The summed E-state index contributed by atoms with van der Waals surface area (Å²) in [4.78, 5) is 15.4. The molecule has 6 N–H and O–H groups in total. The summed E-state index contributed by atoms with van der Waals surface area (Å²) in [7, 11) is 1.61. The zero-order valence-electron chi connectivity index (χ0n) is 36.2. The molecule has 10 nitrogen and oxygen atoms in total. The van der Waals surface area contributed by atoms with Crippen molar-refractivity contribution in [3.05, 3.63) is 0 Å². The molecule has 1 amide bonds. The largest absolute Gasteiger partial charge is 0.394 e. The highest BCUT2D eigenvalue weighted by Crippen LogP contribution is 2.30. The number of likely N-dealkylation sites (N-methyl/N-ethyl adjacent to an activating group) is 1. The van der Waals surface area contributed by atoms with Crippen LogP contribution in [0.15, 0.2) is 0 Å². The van der Waals surface area contributed by atoms with E-state index in [-0.39, 0.29) is 12.5 Å². The van der Waals surface area contributed by atoms with Gasteiger partial charge in [0.2, 0.25) is 5.91 Å². The molecule has 1 fully saturated rings. The minimum atomic E-state index is -1.61. The number of nitrogens with zero attached hydrogens (tertiary/aromatic N) is 1. The molecule has 0 bridgehead atoms. The fraction of sp³-hybridized carbons (Fsp3) is 0.978. The number of carbonyl (C=O) groups excluding carboxylic acids is 1. The van der Waals surface area contributed by atoms with Gasteiger partial charge < -0.3 is 45.0 Å². The predicted octanol–water partition coefficient (Wildman–Crippen LogP) is 8.34. The van der Waals surface area contributed by atoms with E-state index in [2.05, 4.69) is 13.8 Å². The van der Waals surface area contributed by atoms with Gasteiger partial charge in [0.05, 0.1) is 25.4 Å². The standard InChI is InChI=1S/C45H89NO9/c1-6-8-10-12-14-16-18-20-21-23-25-27-29-31-33-45(3,4)44(53)46(5)36(35-54-43-42(52)41(51)40(50)38(34-47)55-43)39(49)37(48)32-30-28-26-24-22-19-17-15-13-11-9-7-2/h36-43,47-52H,6-35H2,1-5H3/t36-,37+,38+,39-,40-,41-,42+,43-/m0/s1. The van der Waals surface area contributed by atoms with E-state index < -0.39 is 61.0 Å². The maximum absolute atomic E-state index is 14.0. The van der Waals surface area contributed by atoms with E-state index in [9.17, 15) is 35.4 Å². The third kappa shape index (κ3) is 22.2. The average molecular weight is 788 g/mol. The van der Waals surface area contributed by atoms with Gasteiger partial charge in [-0.15, -0.1) is 0 Å². The number of aliphatic hydroxyl groups excluding tert-OH is 6. The lowest BCUT2D eigenvalue weighted by atomic mass is 9.84. The molecule has 55 heavy (non-hydrogen) atoms. The van der Waals surface area contributed by atoms with Gasteiger partial charge in [0.25, 0.3) is 0 Å². The summed E-state index contributed by atoms with van der Waals surface area (Å²) in [5.41, 5.74) is -0.715. The van der Waals surface area contributed by atoms with E-state index in [4.69, 9.17) is 9.47 Å². The molecule has 1 saturated heterocycles. The number of unbranched alkanes of at least 4 members (excludes halogenated alkanes) is 24. The number of carbonyl (C=O) groups is 1. The van der Waals surface area contributed by atoms with Crippen molar-refractivity contribution in [2.45, 2.75) is 256 Å². The molecule has 0 saturated carbocycles. The van der Waals surface area contributed by atoms with Crippen LogP contribution in [-0.2, 0) is 14.3 Å². The summed E-state index contributed by atoms with van der Waals surface area (Å²) in [5, 5.41) is 63.3. The second-order valence-electron chi connectivity index (χ2n) is 17.5. The van der Waals surface area contributed by atoms with Crippen LogP contribution >= 0.6 is 0 Å². The summed E-state index contributed by atoms with van der Waals surface area (Å²) >= 11 is 0. The maximum Gasteiger partial charge on any atom is 0.228 e. The lowest BCUT2D eigenvalue weighted by molar-refractivity contribution is -0.304. The van der Waals surface area contributed by atoms with Gasteiger partial charge in [-0.05, 0) is 12.8 Å². The minimum Gasteiger partial charge on any atom is -0.394 e. The number of ether oxygens (including phenoxy) is 2. The Morgan fingerprint density at radius 3 is 1.45 bits per heavy atom. The van der Waals surface area contributed by atoms with Crippen LogP contribution in [0.2, 0.25) is 0 Å². The van der Waals surface area contributed by atoms with Crippen LogP contribution in [0.25, 0.3) is 0 Å². The first-order chi connectivity index (χ1) is 26.4. The number of hydrogen-bond acceptors (Lipinski definition) is 9. The van der Waals surface area contributed by atoms with Crippen molar-refractivity contribution in [3.8, 4) is 0 Å². The molecule has 0 spiro atoms. The Labute approximate surface area is 337 Å². The molecule has 1 aliphatic heterocycles. The fourth-order valence-electron chi connectivity index (χ4n) is 7.96. The second kappa shape index (κ2) is 32.1. The van der Waals surface area contributed by atoms with E-state index in [0.29, 0.717) is 12.8 Å². The molecule has 1 aliphatic rings. The van der Waals surface area contributed by atoms with Crippen molar-refractivity contribution in [2.75, 3.05) is 20.3 Å². The monoisotopic (exact) mass is 788 g/mol. The Morgan fingerprint density at radius 2 is 1.04 bits per heavy atom. The van der Waals surface area contributed by atoms with E-state index in [1.807, 2.05) is 13.8 Å². The van der Waals surface area contributed by atoms with Gasteiger partial charge in [0.15, 0.2) is 6.29 Å². The number of aliphatic hydroxyl groups is 6. The first-order valence-corrected chi connectivity index (χ1v) is 23.0. The second-order valence-corrected chi connectivity index (χ2v) is 17.5. The molecule has 0 radical (unpaired) electrons. The minimum absolute atomic E-state index is 0.179. The van der Waals surface area contributed by atoms with Gasteiger partial charge in [-0.25, -0.2) is 0 Å². The summed E-state index contributed by atoms with van der Waals surface area (Å²) in [6, 6.07) is -0.970. The molecule has 1 rings (SSSR count). The Hall–Kier alpha value is -0.850. The molecule has 10 heteroatoms. The van der Waals surface area contributed by atoms with Crippen molar-refractivity contribution in [2.24, 2.45) is 5.41 Å². The van der Waals surface area contributed by atoms with Crippen LogP contribution in [0.1, 0.15) is 207 Å². The van der Waals surface area contributed by atoms with Crippen molar-refractivity contribution >= 4 is 5.91 Å².